The van der Waals surface area contributed by atoms with Crippen LogP contribution in [0.1, 0.15) is 30.0 Å². The van der Waals surface area contributed by atoms with Crippen LogP contribution >= 0.6 is 0 Å². The van der Waals surface area contributed by atoms with Crippen molar-refractivity contribution in [3.63, 3.8) is 0 Å². The van der Waals surface area contributed by atoms with Crippen LogP contribution in [0.5, 0.6) is 0 Å². The second-order valence-corrected chi connectivity index (χ2v) is 10.5. The summed E-state index contributed by atoms with van der Waals surface area (Å²) in [5.41, 5.74) is 3.08. The molecule has 2 amide bonds. The van der Waals surface area contributed by atoms with E-state index in [2.05, 4.69) is 5.32 Å². The molecule has 0 radical (unpaired) electrons. The van der Waals surface area contributed by atoms with Gasteiger partial charge in [-0.2, -0.15) is 12.7 Å². The summed E-state index contributed by atoms with van der Waals surface area (Å²) in [5.74, 6) is -0.713. The Morgan fingerprint density at radius 1 is 1.03 bits per heavy atom. The highest BCUT2D eigenvalue weighted by molar-refractivity contribution is 7.90. The number of hydrogen-bond acceptors (Lipinski definition) is 4. The zero-order valence-corrected chi connectivity index (χ0v) is 21.7. The highest BCUT2D eigenvalue weighted by Crippen LogP contribution is 2.26. The molecule has 0 spiro atoms. The van der Waals surface area contributed by atoms with Gasteiger partial charge in [-0.1, -0.05) is 49.4 Å². The molecule has 0 aromatic heterocycles. The minimum absolute atomic E-state index is 0.280. The van der Waals surface area contributed by atoms with Crippen LogP contribution in [0.2, 0.25) is 0 Å². The van der Waals surface area contributed by atoms with Crippen molar-refractivity contribution in [2.24, 2.45) is 0 Å². The molecular formula is C25H36N4O4S. The zero-order valence-electron chi connectivity index (χ0n) is 20.9. The molecule has 0 saturated carbocycles. The Morgan fingerprint density at radius 2 is 1.68 bits per heavy atom. The first-order valence-corrected chi connectivity index (χ1v) is 12.7. The molecule has 0 aliphatic carbocycles. The highest BCUT2D eigenvalue weighted by Gasteiger charge is 2.33. The van der Waals surface area contributed by atoms with E-state index in [1.165, 1.54) is 26.0 Å². The fourth-order valence-corrected chi connectivity index (χ4v) is 4.87. The van der Waals surface area contributed by atoms with Crippen molar-refractivity contribution in [1.82, 2.24) is 14.5 Å². The number of aryl methyl sites for hydroxylation is 2. The van der Waals surface area contributed by atoms with Gasteiger partial charge in [-0.25, -0.2) is 4.31 Å². The lowest BCUT2D eigenvalue weighted by molar-refractivity contribution is -0.139. The lowest BCUT2D eigenvalue weighted by Gasteiger charge is -2.34. The van der Waals surface area contributed by atoms with Crippen molar-refractivity contribution >= 4 is 27.7 Å². The fourth-order valence-electron chi connectivity index (χ4n) is 3.75. The first-order valence-electron chi connectivity index (χ1n) is 11.3. The number of hydrogen-bond donors (Lipinski definition) is 1. The minimum Gasteiger partial charge on any atom is -0.357 e. The molecule has 1 N–H and O–H groups in total. The molecule has 1 atom stereocenters. The highest BCUT2D eigenvalue weighted by atomic mass is 32.2. The maximum absolute atomic E-state index is 13.7. The SMILES string of the molecule is CC[C@H](C(=O)NC)N(CCc1ccccc1)C(=O)CN(c1cc(C)ccc1C)S(=O)(=O)N(C)C. The van der Waals surface area contributed by atoms with E-state index in [0.717, 1.165) is 25.3 Å². The van der Waals surface area contributed by atoms with E-state index >= 15 is 0 Å². The second kappa shape index (κ2) is 12.0. The van der Waals surface area contributed by atoms with Gasteiger partial charge < -0.3 is 10.2 Å². The van der Waals surface area contributed by atoms with E-state index in [1.54, 1.807) is 6.07 Å². The van der Waals surface area contributed by atoms with Gasteiger partial charge >= 0.3 is 10.2 Å². The lowest BCUT2D eigenvalue weighted by atomic mass is 10.1. The van der Waals surface area contributed by atoms with Gasteiger partial charge in [-0.05, 0) is 49.4 Å². The summed E-state index contributed by atoms with van der Waals surface area (Å²) in [6.07, 6.45) is 0.952. The molecule has 0 unspecified atom stereocenters. The van der Waals surface area contributed by atoms with Crippen LogP contribution in [-0.4, -0.2) is 69.7 Å². The number of carbonyl (C=O) groups is 2. The predicted octanol–water partition coefficient (Wildman–Crippen LogP) is 2.51. The molecule has 0 aliphatic heterocycles. The van der Waals surface area contributed by atoms with Crippen LogP contribution in [-0.2, 0) is 26.2 Å². The molecule has 186 valence electrons. The molecule has 0 saturated heterocycles. The average molecular weight is 489 g/mol. The zero-order chi connectivity index (χ0) is 25.5. The van der Waals surface area contributed by atoms with Crippen LogP contribution < -0.4 is 9.62 Å². The van der Waals surface area contributed by atoms with Crippen molar-refractivity contribution in [2.45, 2.75) is 39.7 Å². The molecule has 0 aliphatic rings. The van der Waals surface area contributed by atoms with Gasteiger partial charge in [0.25, 0.3) is 0 Å². The van der Waals surface area contributed by atoms with Crippen molar-refractivity contribution < 1.29 is 18.0 Å². The number of amides is 2. The van der Waals surface area contributed by atoms with E-state index in [1.807, 2.05) is 63.2 Å². The Labute approximate surface area is 203 Å². The van der Waals surface area contributed by atoms with Crippen LogP contribution in [0.3, 0.4) is 0 Å². The largest absolute Gasteiger partial charge is 0.357 e. The number of anilines is 1. The quantitative estimate of drug-likeness (QED) is 0.526. The maximum atomic E-state index is 13.7. The number of carbonyl (C=O) groups excluding carboxylic acids is 2. The van der Waals surface area contributed by atoms with Crippen molar-refractivity contribution in [3.8, 4) is 0 Å². The molecule has 2 rings (SSSR count). The Bertz CT molecular complexity index is 1090. The van der Waals surface area contributed by atoms with Gasteiger partial charge in [0.2, 0.25) is 11.8 Å². The smallest absolute Gasteiger partial charge is 0.304 e. The Hall–Kier alpha value is -2.91. The molecular weight excluding hydrogens is 452 g/mol. The van der Waals surface area contributed by atoms with Crippen molar-refractivity contribution in [3.05, 3.63) is 65.2 Å². The molecule has 2 aromatic carbocycles. The lowest BCUT2D eigenvalue weighted by Crippen LogP contribution is -2.53. The summed E-state index contributed by atoms with van der Waals surface area (Å²) in [6, 6.07) is 14.5. The van der Waals surface area contributed by atoms with Crippen LogP contribution in [0, 0.1) is 13.8 Å². The van der Waals surface area contributed by atoms with Crippen molar-refractivity contribution in [2.75, 3.05) is 38.5 Å². The summed E-state index contributed by atoms with van der Waals surface area (Å²) in [5, 5.41) is 2.63. The maximum Gasteiger partial charge on any atom is 0.304 e. The minimum atomic E-state index is -3.97. The molecule has 2 aromatic rings. The van der Waals surface area contributed by atoms with Crippen LogP contribution in [0.25, 0.3) is 0 Å². The third kappa shape index (κ3) is 6.57. The number of likely N-dealkylation sites (N-methyl/N-ethyl adjacent to an activating group) is 1. The number of nitrogens with one attached hydrogen (secondary N) is 1. The summed E-state index contributed by atoms with van der Waals surface area (Å²) in [6.45, 7) is 5.40. The molecule has 0 heterocycles. The fraction of sp³-hybridized carbons (Fsp3) is 0.440. The van der Waals surface area contributed by atoms with E-state index in [-0.39, 0.29) is 12.5 Å². The normalized spacial score (nSPS) is 12.3. The van der Waals surface area contributed by atoms with Gasteiger partial charge in [-0.15, -0.1) is 0 Å². The van der Waals surface area contributed by atoms with E-state index in [4.69, 9.17) is 0 Å². The Kier molecular flexibility index (Phi) is 9.64. The number of benzene rings is 2. The summed E-state index contributed by atoms with van der Waals surface area (Å²) < 4.78 is 28.7. The summed E-state index contributed by atoms with van der Waals surface area (Å²) in [4.78, 5) is 27.8. The predicted molar refractivity (Wildman–Crippen MR) is 136 cm³/mol. The third-order valence-electron chi connectivity index (χ3n) is 5.77. The van der Waals surface area contributed by atoms with E-state index in [9.17, 15) is 18.0 Å². The molecule has 8 nitrogen and oxygen atoms in total. The summed E-state index contributed by atoms with van der Waals surface area (Å²) in [7, 11) is 0.435. The van der Waals surface area contributed by atoms with Gasteiger partial charge in [0.1, 0.15) is 12.6 Å². The molecule has 9 heteroatoms. The van der Waals surface area contributed by atoms with E-state index < -0.39 is 28.7 Å². The molecule has 0 bridgehead atoms. The molecule has 0 fully saturated rings. The van der Waals surface area contributed by atoms with Gasteiger partial charge in [0.05, 0.1) is 5.69 Å². The summed E-state index contributed by atoms with van der Waals surface area (Å²) >= 11 is 0. The van der Waals surface area contributed by atoms with Gasteiger partial charge in [-0.3, -0.25) is 9.59 Å². The number of rotatable bonds is 11. The van der Waals surface area contributed by atoms with Crippen LogP contribution in [0.15, 0.2) is 48.5 Å². The topological polar surface area (TPSA) is 90.0 Å². The van der Waals surface area contributed by atoms with Crippen LogP contribution in [0.4, 0.5) is 5.69 Å². The van der Waals surface area contributed by atoms with Crippen molar-refractivity contribution in [1.29, 1.82) is 0 Å². The van der Waals surface area contributed by atoms with Gasteiger partial charge in [0.15, 0.2) is 0 Å². The Balaban J connectivity index is 2.46. The number of nitrogens with zero attached hydrogens (tertiary/aromatic N) is 3. The average Bonchev–Trinajstić information content (AvgIpc) is 2.81. The standard InChI is InChI=1S/C25H36N4O4S/c1-7-22(25(31)26-4)28(16-15-21-11-9-8-10-12-21)24(30)18-29(34(32,33)27(5)6)23-17-19(2)13-14-20(23)3/h8-14,17,22H,7,15-16,18H2,1-6H3,(H,26,31)/t22-/m1/s1. The molecule has 34 heavy (non-hydrogen) atoms. The first kappa shape index (κ1) is 27.3. The van der Waals surface area contributed by atoms with E-state index in [0.29, 0.717) is 18.5 Å². The Morgan fingerprint density at radius 3 is 2.24 bits per heavy atom. The third-order valence-corrected chi connectivity index (χ3v) is 7.57. The monoisotopic (exact) mass is 488 g/mol. The van der Waals surface area contributed by atoms with Gasteiger partial charge in [0, 0.05) is 27.7 Å². The second-order valence-electron chi connectivity index (χ2n) is 8.45. The first-order chi connectivity index (χ1) is 16.0.